The van der Waals surface area contributed by atoms with E-state index in [0.29, 0.717) is 12.1 Å². The average Bonchev–Trinajstić information content (AvgIpc) is 2.13. The van der Waals surface area contributed by atoms with E-state index in [1.807, 2.05) is 0 Å². The summed E-state index contributed by atoms with van der Waals surface area (Å²) in [5, 5.41) is 0. The largest absolute Gasteiger partial charge is 0.416 e. The molecule has 0 heterocycles. The number of benzene rings is 1. The van der Waals surface area contributed by atoms with Gasteiger partial charge in [-0.15, -0.1) is 0 Å². The zero-order valence-electron chi connectivity index (χ0n) is 8.19. The van der Waals surface area contributed by atoms with Crippen LogP contribution in [0, 0.1) is 0 Å². The zero-order valence-corrected chi connectivity index (χ0v) is 9.77. The Kier molecular flexibility index (Phi) is 4.22. The third-order valence-corrected chi connectivity index (χ3v) is 2.62. The van der Waals surface area contributed by atoms with Crippen molar-refractivity contribution in [3.05, 3.63) is 29.3 Å². The van der Waals surface area contributed by atoms with Crippen molar-refractivity contribution in [3.8, 4) is 0 Å². The minimum Gasteiger partial charge on any atom is -0.268 e. The molecule has 1 aromatic carbocycles. The van der Waals surface area contributed by atoms with Crippen LogP contribution in [0.25, 0.3) is 0 Å². The van der Waals surface area contributed by atoms with Crippen molar-refractivity contribution in [2.75, 3.05) is 0 Å². The summed E-state index contributed by atoms with van der Waals surface area (Å²) in [4.78, 5) is 9.98. The monoisotopic (exact) mass is 308 g/mol. The van der Waals surface area contributed by atoms with Crippen LogP contribution in [0.5, 0.6) is 0 Å². The fourth-order valence-corrected chi connectivity index (χ4v) is 1.90. The lowest BCUT2D eigenvalue weighted by Gasteiger charge is -2.13. The van der Waals surface area contributed by atoms with Gasteiger partial charge in [-0.1, -0.05) is 0 Å². The summed E-state index contributed by atoms with van der Waals surface area (Å²) in [6, 6.07) is 0.836. The van der Waals surface area contributed by atoms with Crippen LogP contribution in [0.1, 0.15) is 11.1 Å². The van der Waals surface area contributed by atoms with Gasteiger partial charge in [0.15, 0.2) is 0 Å². The van der Waals surface area contributed by atoms with Gasteiger partial charge in [0.05, 0.1) is 11.1 Å². The molecule has 0 aliphatic heterocycles. The quantitative estimate of drug-likeness (QED) is 0.404. The Morgan fingerprint density at radius 1 is 0.944 bits per heavy atom. The summed E-state index contributed by atoms with van der Waals surface area (Å²) in [7, 11) is 0. The molecule has 0 saturated carbocycles. The van der Waals surface area contributed by atoms with Gasteiger partial charge in [0.1, 0.15) is 0 Å². The molecule has 1 nitrogen and oxygen atoms in total. The molecule has 1 rings (SSSR count). The van der Waals surface area contributed by atoms with E-state index in [4.69, 9.17) is 11.6 Å². The molecule has 9 heteroatoms. The number of hydrogen-bond acceptors (Lipinski definition) is 2. The van der Waals surface area contributed by atoms with Gasteiger partial charge in [0, 0.05) is 4.90 Å². The first-order valence-electron chi connectivity index (χ1n) is 4.17. The Bertz CT molecular complexity index is 435. The highest BCUT2D eigenvalue weighted by Crippen LogP contribution is 2.38. The van der Waals surface area contributed by atoms with Crippen molar-refractivity contribution in [2.45, 2.75) is 17.2 Å². The van der Waals surface area contributed by atoms with Gasteiger partial charge in [-0.25, -0.2) is 0 Å². The Hall–Kier alpha value is -0.890. The van der Waals surface area contributed by atoms with Crippen molar-refractivity contribution in [1.82, 2.24) is 0 Å². The highest BCUT2D eigenvalue weighted by molar-refractivity contribution is 8.16. The maximum atomic E-state index is 12.4. The standard InChI is InChI=1S/C9H3ClF6OS/c10-7(17)18-6-2-4(8(11,12)13)1-5(3-6)9(14,15)16/h1-3H. The molecule has 0 fully saturated rings. The van der Waals surface area contributed by atoms with Gasteiger partial charge >= 0.3 is 12.4 Å². The Labute approximate surface area is 106 Å². The summed E-state index contributed by atoms with van der Waals surface area (Å²) in [6.45, 7) is 0. The number of thioether (sulfide) groups is 1. The van der Waals surface area contributed by atoms with E-state index < -0.39 is 32.9 Å². The van der Waals surface area contributed by atoms with E-state index in [2.05, 4.69) is 0 Å². The molecule has 0 saturated heterocycles. The van der Waals surface area contributed by atoms with Crippen LogP contribution in [0.2, 0.25) is 0 Å². The van der Waals surface area contributed by atoms with Crippen molar-refractivity contribution in [1.29, 1.82) is 0 Å². The van der Waals surface area contributed by atoms with Crippen molar-refractivity contribution < 1.29 is 31.1 Å². The second-order valence-electron chi connectivity index (χ2n) is 3.08. The lowest BCUT2D eigenvalue weighted by Crippen LogP contribution is -2.11. The number of alkyl halides is 6. The summed E-state index contributed by atoms with van der Waals surface area (Å²) in [6.07, 6.45) is -9.88. The molecule has 0 atom stereocenters. The first-order chi connectivity index (χ1) is 8.00. The molecule has 0 spiro atoms. The van der Waals surface area contributed by atoms with Crippen LogP contribution in [0.4, 0.5) is 31.1 Å². The summed E-state index contributed by atoms with van der Waals surface area (Å²) < 4.78 is 73.2. The molecule has 1 aromatic rings. The van der Waals surface area contributed by atoms with E-state index in [-0.39, 0.29) is 17.8 Å². The van der Waals surface area contributed by atoms with E-state index in [0.717, 1.165) is 0 Å². The fraction of sp³-hybridized carbons (Fsp3) is 0.222. The number of rotatable bonds is 1. The fourth-order valence-electron chi connectivity index (χ4n) is 1.08. The predicted molar refractivity (Wildman–Crippen MR) is 53.6 cm³/mol. The lowest BCUT2D eigenvalue weighted by atomic mass is 10.1. The Balaban J connectivity index is 3.34. The number of halogens is 7. The summed E-state index contributed by atoms with van der Waals surface area (Å²) in [5.74, 6) is 0. The van der Waals surface area contributed by atoms with E-state index >= 15 is 0 Å². The van der Waals surface area contributed by atoms with E-state index in [9.17, 15) is 31.1 Å². The molecule has 0 aliphatic rings. The molecule has 100 valence electrons. The topological polar surface area (TPSA) is 17.1 Å². The van der Waals surface area contributed by atoms with Crippen LogP contribution in [0.15, 0.2) is 23.1 Å². The molecule has 0 aliphatic carbocycles. The van der Waals surface area contributed by atoms with Crippen molar-refractivity contribution >= 4 is 27.9 Å². The smallest absolute Gasteiger partial charge is 0.268 e. The van der Waals surface area contributed by atoms with Crippen molar-refractivity contribution in [2.24, 2.45) is 0 Å². The summed E-state index contributed by atoms with van der Waals surface area (Å²) >= 11 is 4.99. The third-order valence-electron chi connectivity index (χ3n) is 1.76. The molecule has 0 radical (unpaired) electrons. The number of carbonyl (C=O) groups is 1. The molecular formula is C9H3ClF6OS. The van der Waals surface area contributed by atoms with Gasteiger partial charge < -0.3 is 0 Å². The molecule has 0 aromatic heterocycles. The second kappa shape index (κ2) is 5.00. The normalized spacial score (nSPS) is 12.6. The average molecular weight is 309 g/mol. The SMILES string of the molecule is O=C(Cl)Sc1cc(C(F)(F)F)cc(C(F)(F)F)c1. The minimum absolute atomic E-state index is 0.0250. The molecule has 0 N–H and O–H groups in total. The molecule has 0 bridgehead atoms. The first kappa shape index (κ1) is 15.2. The van der Waals surface area contributed by atoms with Crippen LogP contribution >= 0.6 is 23.4 Å². The van der Waals surface area contributed by atoms with Crippen LogP contribution < -0.4 is 0 Å². The molecular weight excluding hydrogens is 306 g/mol. The Morgan fingerprint density at radius 2 is 1.33 bits per heavy atom. The van der Waals surface area contributed by atoms with E-state index in [1.54, 1.807) is 0 Å². The van der Waals surface area contributed by atoms with Crippen molar-refractivity contribution in [3.63, 3.8) is 0 Å². The minimum atomic E-state index is -4.94. The van der Waals surface area contributed by atoms with Gasteiger partial charge in [0.25, 0.3) is 4.57 Å². The summed E-state index contributed by atoms with van der Waals surface area (Å²) in [5.41, 5.74) is -2.98. The van der Waals surface area contributed by atoms with Gasteiger partial charge in [-0.3, -0.25) is 4.79 Å². The zero-order chi connectivity index (χ0) is 14.1. The highest BCUT2D eigenvalue weighted by Gasteiger charge is 2.37. The second-order valence-corrected chi connectivity index (χ2v) is 4.69. The van der Waals surface area contributed by atoms with Crippen LogP contribution in [-0.2, 0) is 12.4 Å². The predicted octanol–water partition coefficient (Wildman–Crippen LogP) is 5.18. The first-order valence-corrected chi connectivity index (χ1v) is 5.36. The Morgan fingerprint density at radius 3 is 1.61 bits per heavy atom. The third kappa shape index (κ3) is 4.09. The molecule has 18 heavy (non-hydrogen) atoms. The van der Waals surface area contributed by atoms with Gasteiger partial charge in [-0.2, -0.15) is 26.3 Å². The van der Waals surface area contributed by atoms with E-state index in [1.165, 1.54) is 0 Å². The highest BCUT2D eigenvalue weighted by atomic mass is 35.5. The molecule has 0 amide bonds. The number of carbonyl (C=O) groups excluding carboxylic acids is 1. The van der Waals surface area contributed by atoms with Gasteiger partial charge in [0.2, 0.25) is 0 Å². The maximum Gasteiger partial charge on any atom is 0.416 e. The maximum absolute atomic E-state index is 12.4. The van der Waals surface area contributed by atoms with Crippen LogP contribution in [-0.4, -0.2) is 4.57 Å². The van der Waals surface area contributed by atoms with Crippen LogP contribution in [0.3, 0.4) is 0 Å². The number of hydrogen-bond donors (Lipinski definition) is 0. The lowest BCUT2D eigenvalue weighted by molar-refractivity contribution is -0.143. The van der Waals surface area contributed by atoms with Gasteiger partial charge in [-0.05, 0) is 41.6 Å². The molecule has 0 unspecified atom stereocenters.